The zero-order valence-corrected chi connectivity index (χ0v) is 19.4. The Morgan fingerprint density at radius 2 is 2.00 bits per heavy atom. The van der Waals surface area contributed by atoms with Crippen molar-refractivity contribution in [1.82, 2.24) is 15.5 Å². The zero-order chi connectivity index (χ0) is 19.0. The molecule has 1 aromatic rings. The molecule has 2 rings (SSSR count). The summed E-state index contributed by atoms with van der Waals surface area (Å²) >= 11 is 0. The second-order valence-corrected chi connectivity index (χ2v) is 8.92. The highest BCUT2D eigenvalue weighted by atomic mass is 127. The van der Waals surface area contributed by atoms with Crippen LogP contribution in [0, 0.1) is 6.92 Å². The van der Waals surface area contributed by atoms with E-state index in [2.05, 4.69) is 20.5 Å². The first-order valence-electron chi connectivity index (χ1n) is 8.98. The molecule has 1 saturated heterocycles. The van der Waals surface area contributed by atoms with Crippen LogP contribution in [0.4, 0.5) is 0 Å². The molecule has 0 bridgehead atoms. The van der Waals surface area contributed by atoms with Gasteiger partial charge in [0.25, 0.3) is 0 Å². The SMILES string of the molecule is CN=C(NCCN1CCS(=O)(=O)CC1)NCC(C)Oc1cccc(C)c1.I. The average Bonchev–Trinajstić information content (AvgIpc) is 2.59. The number of hydrogen-bond acceptors (Lipinski definition) is 5. The summed E-state index contributed by atoms with van der Waals surface area (Å²) in [5, 5.41) is 6.51. The topological polar surface area (TPSA) is 83.0 Å². The van der Waals surface area contributed by atoms with Gasteiger partial charge in [0.2, 0.25) is 0 Å². The molecule has 1 fully saturated rings. The largest absolute Gasteiger partial charge is 0.489 e. The highest BCUT2D eigenvalue weighted by Gasteiger charge is 2.20. The number of guanidine groups is 1. The highest BCUT2D eigenvalue weighted by Crippen LogP contribution is 2.13. The fourth-order valence-corrected chi connectivity index (χ4v) is 4.01. The Morgan fingerprint density at radius 1 is 1.30 bits per heavy atom. The number of aryl methyl sites for hydroxylation is 1. The number of nitrogens with one attached hydrogen (secondary N) is 2. The lowest BCUT2D eigenvalue weighted by molar-refractivity contribution is 0.223. The molecule has 1 heterocycles. The van der Waals surface area contributed by atoms with Crippen LogP contribution in [0.3, 0.4) is 0 Å². The van der Waals surface area contributed by atoms with Crippen molar-refractivity contribution in [1.29, 1.82) is 0 Å². The predicted molar refractivity (Wildman–Crippen MR) is 121 cm³/mol. The highest BCUT2D eigenvalue weighted by molar-refractivity contribution is 14.0. The summed E-state index contributed by atoms with van der Waals surface area (Å²) < 4.78 is 28.8. The molecule has 1 aromatic carbocycles. The predicted octanol–water partition coefficient (Wildman–Crippen LogP) is 1.28. The molecule has 0 amide bonds. The summed E-state index contributed by atoms with van der Waals surface area (Å²) in [5.74, 6) is 2.10. The lowest BCUT2D eigenvalue weighted by Gasteiger charge is -2.26. The van der Waals surface area contributed by atoms with Gasteiger partial charge in [-0.05, 0) is 31.5 Å². The second-order valence-electron chi connectivity index (χ2n) is 6.62. The van der Waals surface area contributed by atoms with Gasteiger partial charge in [-0.25, -0.2) is 8.42 Å². The summed E-state index contributed by atoms with van der Waals surface area (Å²) in [4.78, 5) is 6.37. The molecule has 1 aliphatic rings. The molecule has 1 atom stereocenters. The summed E-state index contributed by atoms with van der Waals surface area (Å²) in [5.41, 5.74) is 1.17. The molecule has 0 radical (unpaired) electrons. The number of halogens is 1. The summed E-state index contributed by atoms with van der Waals surface area (Å²) in [6, 6.07) is 7.99. The van der Waals surface area contributed by atoms with Crippen LogP contribution in [0.15, 0.2) is 29.3 Å². The standard InChI is InChI=1S/C18H30N4O3S.HI/c1-15-5-4-6-17(13-15)25-16(2)14-21-18(19-3)20-7-8-22-9-11-26(23,24)12-10-22;/h4-6,13,16H,7-12,14H2,1-3H3,(H2,19,20,21);1H. The van der Waals surface area contributed by atoms with Crippen molar-refractivity contribution < 1.29 is 13.2 Å². The minimum atomic E-state index is -2.82. The van der Waals surface area contributed by atoms with Crippen molar-refractivity contribution in [2.45, 2.75) is 20.0 Å². The van der Waals surface area contributed by atoms with E-state index in [0.717, 1.165) is 12.3 Å². The van der Waals surface area contributed by atoms with Gasteiger partial charge in [-0.15, -0.1) is 24.0 Å². The Labute approximate surface area is 179 Å². The second kappa shape index (κ2) is 11.7. The van der Waals surface area contributed by atoms with Crippen molar-refractivity contribution in [2.24, 2.45) is 4.99 Å². The number of ether oxygens (including phenoxy) is 1. The van der Waals surface area contributed by atoms with E-state index in [1.165, 1.54) is 5.56 Å². The van der Waals surface area contributed by atoms with Crippen molar-refractivity contribution in [2.75, 3.05) is 51.3 Å². The van der Waals surface area contributed by atoms with E-state index < -0.39 is 9.84 Å². The maximum Gasteiger partial charge on any atom is 0.191 e. The van der Waals surface area contributed by atoms with Crippen molar-refractivity contribution >= 4 is 39.8 Å². The molecule has 9 heteroatoms. The van der Waals surface area contributed by atoms with E-state index in [1.54, 1.807) is 7.05 Å². The number of rotatable bonds is 7. The molecule has 0 aliphatic carbocycles. The molecule has 2 N–H and O–H groups in total. The van der Waals surface area contributed by atoms with Gasteiger partial charge in [0.15, 0.2) is 15.8 Å². The lowest BCUT2D eigenvalue weighted by atomic mass is 10.2. The molecule has 154 valence electrons. The lowest BCUT2D eigenvalue weighted by Crippen LogP contribution is -2.47. The maximum atomic E-state index is 11.4. The van der Waals surface area contributed by atoms with Gasteiger partial charge in [-0.3, -0.25) is 9.89 Å². The first kappa shape index (κ1) is 24.0. The van der Waals surface area contributed by atoms with Crippen molar-refractivity contribution in [3.8, 4) is 5.75 Å². The average molecular weight is 510 g/mol. The molecule has 0 saturated carbocycles. The first-order valence-corrected chi connectivity index (χ1v) is 10.8. The van der Waals surface area contributed by atoms with Crippen molar-refractivity contribution in [3.63, 3.8) is 0 Å². The molecule has 7 nitrogen and oxygen atoms in total. The van der Waals surface area contributed by atoms with Gasteiger partial charge >= 0.3 is 0 Å². The number of nitrogens with zero attached hydrogens (tertiary/aromatic N) is 2. The van der Waals surface area contributed by atoms with Crippen LogP contribution in [0.2, 0.25) is 0 Å². The van der Waals surface area contributed by atoms with E-state index in [1.807, 2.05) is 38.1 Å². The van der Waals surface area contributed by atoms with Crippen LogP contribution in [0.1, 0.15) is 12.5 Å². The maximum absolute atomic E-state index is 11.4. The van der Waals surface area contributed by atoms with Crippen molar-refractivity contribution in [3.05, 3.63) is 29.8 Å². The first-order chi connectivity index (χ1) is 12.4. The third-order valence-corrected chi connectivity index (χ3v) is 5.87. The van der Waals surface area contributed by atoms with Gasteiger partial charge in [0.05, 0.1) is 18.1 Å². The van der Waals surface area contributed by atoms with E-state index in [-0.39, 0.29) is 41.6 Å². The third kappa shape index (κ3) is 9.11. The summed E-state index contributed by atoms with van der Waals surface area (Å²) in [7, 11) is -1.09. The molecular formula is C18H31IN4O3S. The Balaban J connectivity index is 0.00000364. The molecule has 0 spiro atoms. The minimum Gasteiger partial charge on any atom is -0.489 e. The Kier molecular flexibility index (Phi) is 10.4. The monoisotopic (exact) mass is 510 g/mol. The van der Waals surface area contributed by atoms with Gasteiger partial charge < -0.3 is 15.4 Å². The van der Waals surface area contributed by atoms with Gasteiger partial charge in [-0.2, -0.15) is 0 Å². The molecule has 1 unspecified atom stereocenters. The van der Waals surface area contributed by atoms with Crippen LogP contribution in [-0.2, 0) is 9.84 Å². The fraction of sp³-hybridized carbons (Fsp3) is 0.611. The number of sulfone groups is 1. The van der Waals surface area contributed by atoms with Crippen LogP contribution < -0.4 is 15.4 Å². The Bertz CT molecular complexity index is 698. The third-order valence-electron chi connectivity index (χ3n) is 4.26. The van der Waals surface area contributed by atoms with Crippen LogP contribution in [-0.4, -0.2) is 76.7 Å². The van der Waals surface area contributed by atoms with E-state index in [0.29, 0.717) is 32.1 Å². The normalized spacial score (nSPS) is 18.3. The van der Waals surface area contributed by atoms with Crippen LogP contribution in [0.5, 0.6) is 5.75 Å². The molecular weight excluding hydrogens is 479 g/mol. The quantitative estimate of drug-likeness (QED) is 0.327. The van der Waals surface area contributed by atoms with Gasteiger partial charge in [-0.1, -0.05) is 12.1 Å². The molecule has 1 aliphatic heterocycles. The number of aliphatic imine (C=N–C) groups is 1. The summed E-state index contributed by atoms with van der Waals surface area (Å²) in [6.45, 7) is 7.42. The Hall–Kier alpha value is -1.07. The van der Waals surface area contributed by atoms with Crippen LogP contribution in [0.25, 0.3) is 0 Å². The van der Waals surface area contributed by atoms with E-state index >= 15 is 0 Å². The fourth-order valence-electron chi connectivity index (χ4n) is 2.73. The van der Waals surface area contributed by atoms with Gasteiger partial charge in [0, 0.05) is 33.2 Å². The minimum absolute atomic E-state index is 0. The summed E-state index contributed by atoms with van der Waals surface area (Å²) in [6.07, 6.45) is 0.00245. The number of hydrogen-bond donors (Lipinski definition) is 2. The zero-order valence-electron chi connectivity index (χ0n) is 16.3. The van der Waals surface area contributed by atoms with E-state index in [9.17, 15) is 8.42 Å². The van der Waals surface area contributed by atoms with Crippen LogP contribution >= 0.6 is 24.0 Å². The number of benzene rings is 1. The van der Waals surface area contributed by atoms with Gasteiger partial charge in [0.1, 0.15) is 11.9 Å². The molecule has 0 aromatic heterocycles. The Morgan fingerprint density at radius 3 is 2.63 bits per heavy atom. The van der Waals surface area contributed by atoms with E-state index in [4.69, 9.17) is 4.74 Å². The smallest absolute Gasteiger partial charge is 0.191 e. The molecule has 27 heavy (non-hydrogen) atoms.